The van der Waals surface area contributed by atoms with Gasteiger partial charge in [-0.05, 0) is 118 Å². The van der Waals surface area contributed by atoms with Crippen LogP contribution in [-0.4, -0.2) is 4.98 Å². The minimum Gasteiger partial charge on any atom is -0.455 e. The van der Waals surface area contributed by atoms with E-state index in [2.05, 4.69) is 187 Å². The van der Waals surface area contributed by atoms with Crippen LogP contribution < -0.4 is 4.90 Å². The summed E-state index contributed by atoms with van der Waals surface area (Å²) in [6, 6.07) is 72.3. The van der Waals surface area contributed by atoms with Gasteiger partial charge in [0, 0.05) is 38.8 Å². The Balaban J connectivity index is 0.960. The fourth-order valence-corrected chi connectivity index (χ4v) is 8.07. The molecule has 2 aromatic heterocycles. The molecule has 0 aliphatic carbocycles. The predicted molar refractivity (Wildman–Crippen MR) is 235 cm³/mol. The van der Waals surface area contributed by atoms with Crippen molar-refractivity contribution in [1.29, 1.82) is 0 Å². The minimum absolute atomic E-state index is 0.617. The molecule has 57 heavy (non-hydrogen) atoms. The fourth-order valence-electron chi connectivity index (χ4n) is 8.07. The largest absolute Gasteiger partial charge is 0.455 e. The van der Waals surface area contributed by atoms with E-state index in [0.717, 1.165) is 88.7 Å². The molecule has 0 radical (unpaired) electrons. The Bertz CT molecular complexity index is 3170. The quantitative estimate of drug-likeness (QED) is 0.164. The molecule has 2 heterocycles. The molecule has 0 fully saturated rings. The van der Waals surface area contributed by atoms with Gasteiger partial charge in [-0.3, -0.25) is 0 Å². The van der Waals surface area contributed by atoms with E-state index in [1.54, 1.807) is 0 Å². The summed E-state index contributed by atoms with van der Waals surface area (Å²) in [6.45, 7) is 0. The molecule has 0 saturated carbocycles. The number of benzene rings is 9. The van der Waals surface area contributed by atoms with Crippen LogP contribution in [0, 0.1) is 0 Å². The van der Waals surface area contributed by atoms with Gasteiger partial charge in [0.2, 0.25) is 5.89 Å². The normalized spacial score (nSPS) is 11.5. The Morgan fingerprint density at radius 1 is 0.368 bits per heavy atom. The molecule has 0 amide bonds. The maximum Gasteiger partial charge on any atom is 0.227 e. The van der Waals surface area contributed by atoms with Crippen LogP contribution in [0.1, 0.15) is 0 Å². The molecule has 0 N–H and O–H groups in total. The zero-order chi connectivity index (χ0) is 37.7. The zero-order valence-corrected chi connectivity index (χ0v) is 30.8. The first-order chi connectivity index (χ1) is 28.2. The first-order valence-corrected chi connectivity index (χ1v) is 19.2. The highest BCUT2D eigenvalue weighted by atomic mass is 16.3. The summed E-state index contributed by atoms with van der Waals surface area (Å²) in [4.78, 5) is 7.01. The number of aromatic nitrogens is 1. The van der Waals surface area contributed by atoms with E-state index in [1.165, 1.54) is 11.1 Å². The van der Waals surface area contributed by atoms with Crippen LogP contribution in [0.5, 0.6) is 0 Å². The topological polar surface area (TPSA) is 42.4 Å². The zero-order valence-electron chi connectivity index (χ0n) is 30.8. The molecule has 268 valence electrons. The van der Waals surface area contributed by atoms with E-state index in [9.17, 15) is 0 Å². The van der Waals surface area contributed by atoms with E-state index in [1.807, 2.05) is 24.3 Å². The lowest BCUT2D eigenvalue weighted by molar-refractivity contribution is 0.620. The molecule has 0 aliphatic heterocycles. The van der Waals surface area contributed by atoms with Crippen molar-refractivity contribution in [3.63, 3.8) is 0 Å². The summed E-state index contributed by atoms with van der Waals surface area (Å²) in [5.41, 5.74) is 14.5. The fraction of sp³-hybridized carbons (Fsp3) is 0. The Labute approximate surface area is 329 Å². The number of oxazole rings is 1. The van der Waals surface area contributed by atoms with Crippen molar-refractivity contribution >= 4 is 60.9 Å². The van der Waals surface area contributed by atoms with Crippen molar-refractivity contribution in [3.05, 3.63) is 206 Å². The lowest BCUT2D eigenvalue weighted by Gasteiger charge is -2.26. The Morgan fingerprint density at radius 3 is 1.67 bits per heavy atom. The summed E-state index contributed by atoms with van der Waals surface area (Å²) in [7, 11) is 0. The highest BCUT2D eigenvalue weighted by molar-refractivity contribution is 6.21. The average molecular weight is 731 g/mol. The number of furan rings is 1. The summed E-state index contributed by atoms with van der Waals surface area (Å²) in [6.07, 6.45) is 0. The van der Waals surface area contributed by atoms with Gasteiger partial charge in [0.1, 0.15) is 16.7 Å². The second kappa shape index (κ2) is 13.6. The van der Waals surface area contributed by atoms with E-state index >= 15 is 0 Å². The Hall–Kier alpha value is -7.69. The van der Waals surface area contributed by atoms with E-state index in [4.69, 9.17) is 13.8 Å². The second-order valence-corrected chi connectivity index (χ2v) is 14.4. The molecule has 0 aliphatic rings. The molecule has 0 saturated heterocycles. The molecule has 4 heteroatoms. The van der Waals surface area contributed by atoms with Gasteiger partial charge < -0.3 is 13.7 Å². The molecule has 4 nitrogen and oxygen atoms in total. The first kappa shape index (κ1) is 32.7. The van der Waals surface area contributed by atoms with Crippen LogP contribution in [-0.2, 0) is 0 Å². The van der Waals surface area contributed by atoms with Gasteiger partial charge in [-0.25, -0.2) is 4.98 Å². The first-order valence-electron chi connectivity index (χ1n) is 19.2. The van der Waals surface area contributed by atoms with Gasteiger partial charge >= 0.3 is 0 Å². The Morgan fingerprint density at radius 2 is 0.930 bits per heavy atom. The number of hydrogen-bond acceptors (Lipinski definition) is 4. The number of fused-ring (bicyclic) bond motifs is 6. The van der Waals surface area contributed by atoms with Crippen molar-refractivity contribution in [2.24, 2.45) is 0 Å². The van der Waals surface area contributed by atoms with Gasteiger partial charge in [-0.2, -0.15) is 0 Å². The standard InChI is InChI=1S/C53H34N2O2/c1-3-11-35(12-4-1)36-23-28-43(29-24-36)55(42-14-5-2-6-15-42)44-30-25-37(26-31-44)40-27-32-46-50(34-40)56-52-45-16-8-7-13-41(45)33-47(51(46)52)38-19-21-39(22-20-38)53-54-48-17-9-10-18-49(48)57-53/h1-34H. The number of rotatable bonds is 7. The van der Waals surface area contributed by atoms with Crippen LogP contribution in [0.4, 0.5) is 17.1 Å². The average Bonchev–Trinajstić information content (AvgIpc) is 3.90. The van der Waals surface area contributed by atoms with Crippen molar-refractivity contribution in [2.45, 2.75) is 0 Å². The van der Waals surface area contributed by atoms with Crippen molar-refractivity contribution in [2.75, 3.05) is 4.90 Å². The lowest BCUT2D eigenvalue weighted by Crippen LogP contribution is -2.09. The SMILES string of the molecule is c1ccc(-c2ccc(N(c3ccccc3)c3ccc(-c4ccc5c(c4)oc4c6ccccc6cc(-c6ccc(-c7nc8ccccc8o7)cc6)c54)cc3)cc2)cc1. The van der Waals surface area contributed by atoms with E-state index in [-0.39, 0.29) is 0 Å². The van der Waals surface area contributed by atoms with Crippen LogP contribution in [0.15, 0.2) is 215 Å². The highest BCUT2D eigenvalue weighted by Gasteiger charge is 2.18. The van der Waals surface area contributed by atoms with Gasteiger partial charge in [0.25, 0.3) is 0 Å². The number of nitrogens with zero attached hydrogens (tertiary/aromatic N) is 2. The molecule has 9 aromatic carbocycles. The monoisotopic (exact) mass is 730 g/mol. The maximum absolute atomic E-state index is 6.80. The van der Waals surface area contributed by atoms with E-state index in [0.29, 0.717) is 5.89 Å². The van der Waals surface area contributed by atoms with E-state index < -0.39 is 0 Å². The van der Waals surface area contributed by atoms with Gasteiger partial charge in [-0.15, -0.1) is 0 Å². The van der Waals surface area contributed by atoms with Gasteiger partial charge in [-0.1, -0.05) is 127 Å². The number of anilines is 3. The second-order valence-electron chi connectivity index (χ2n) is 14.4. The predicted octanol–water partition coefficient (Wildman–Crippen LogP) is 15.0. The minimum atomic E-state index is 0.617. The molecule has 0 bridgehead atoms. The van der Waals surface area contributed by atoms with Crippen molar-refractivity contribution in [1.82, 2.24) is 4.98 Å². The third kappa shape index (κ3) is 5.83. The van der Waals surface area contributed by atoms with Gasteiger partial charge in [0.05, 0.1) is 0 Å². The molecular formula is C53H34N2O2. The third-order valence-corrected chi connectivity index (χ3v) is 10.9. The highest BCUT2D eigenvalue weighted by Crippen LogP contribution is 2.43. The molecule has 11 rings (SSSR count). The van der Waals surface area contributed by atoms with Gasteiger partial charge in [0.15, 0.2) is 5.58 Å². The van der Waals surface area contributed by atoms with Crippen LogP contribution in [0.3, 0.4) is 0 Å². The van der Waals surface area contributed by atoms with Crippen molar-refractivity contribution < 1.29 is 8.83 Å². The molecule has 0 spiro atoms. The maximum atomic E-state index is 6.80. The van der Waals surface area contributed by atoms with Crippen LogP contribution in [0.2, 0.25) is 0 Å². The number of para-hydroxylation sites is 3. The Kier molecular flexibility index (Phi) is 7.78. The lowest BCUT2D eigenvalue weighted by atomic mass is 9.94. The summed E-state index contributed by atoms with van der Waals surface area (Å²) in [5, 5.41) is 4.43. The smallest absolute Gasteiger partial charge is 0.227 e. The third-order valence-electron chi connectivity index (χ3n) is 10.9. The van der Waals surface area contributed by atoms with Crippen LogP contribution in [0.25, 0.3) is 88.6 Å². The number of hydrogen-bond donors (Lipinski definition) is 0. The molecule has 0 atom stereocenters. The summed E-state index contributed by atoms with van der Waals surface area (Å²) >= 11 is 0. The van der Waals surface area contributed by atoms with Crippen molar-refractivity contribution in [3.8, 4) is 44.8 Å². The van der Waals surface area contributed by atoms with Crippen LogP contribution >= 0.6 is 0 Å². The molecular weight excluding hydrogens is 697 g/mol. The summed E-state index contributed by atoms with van der Waals surface area (Å²) < 4.78 is 12.9. The molecule has 11 aromatic rings. The molecule has 0 unspecified atom stereocenters. The summed E-state index contributed by atoms with van der Waals surface area (Å²) in [5.74, 6) is 0.617.